The van der Waals surface area contributed by atoms with Gasteiger partial charge in [0.25, 0.3) is 0 Å². The lowest BCUT2D eigenvalue weighted by Gasteiger charge is -2.30. The topological polar surface area (TPSA) is 66.5 Å². The monoisotopic (exact) mass is 432 g/mol. The van der Waals surface area contributed by atoms with Gasteiger partial charge in [0, 0.05) is 22.6 Å². The second-order valence-electron chi connectivity index (χ2n) is 6.88. The number of nitrogens with one attached hydrogen (secondary N) is 1. The van der Waals surface area contributed by atoms with Crippen LogP contribution in [0.3, 0.4) is 0 Å². The van der Waals surface area contributed by atoms with Crippen molar-refractivity contribution in [3.05, 3.63) is 29.3 Å². The van der Waals surface area contributed by atoms with Gasteiger partial charge in [-0.3, -0.25) is 9.10 Å². The highest BCUT2D eigenvalue weighted by atomic mass is 35.5. The third kappa shape index (κ3) is 6.88. The summed E-state index contributed by atoms with van der Waals surface area (Å²) in [7, 11) is -3.61. The minimum atomic E-state index is -3.61. The predicted molar refractivity (Wildman–Crippen MR) is 115 cm³/mol. The largest absolute Gasteiger partial charge is 0.353 e. The zero-order chi connectivity index (χ0) is 19.9. The van der Waals surface area contributed by atoms with Gasteiger partial charge in [-0.25, -0.2) is 8.42 Å². The molecular weight excluding hydrogens is 404 g/mol. The van der Waals surface area contributed by atoms with Crippen LogP contribution >= 0.6 is 23.4 Å². The molecule has 1 aromatic carbocycles. The molecule has 0 aromatic heterocycles. The van der Waals surface area contributed by atoms with Gasteiger partial charge in [-0.1, -0.05) is 37.8 Å². The van der Waals surface area contributed by atoms with Gasteiger partial charge in [0.05, 0.1) is 11.9 Å². The lowest BCUT2D eigenvalue weighted by atomic mass is 10.0. The minimum absolute atomic E-state index is 0.262. The SMILES string of the molecule is CCC(C(=O)NCCSC1CCCCC1)N(c1ccc(Cl)cc1)S(C)(=O)=O. The number of amides is 1. The van der Waals surface area contributed by atoms with E-state index in [1.165, 1.54) is 36.4 Å². The molecule has 1 amide bonds. The van der Waals surface area contributed by atoms with Gasteiger partial charge in [-0.2, -0.15) is 11.8 Å². The van der Waals surface area contributed by atoms with Crippen molar-refractivity contribution in [2.45, 2.75) is 56.7 Å². The zero-order valence-electron chi connectivity index (χ0n) is 16.0. The number of benzene rings is 1. The van der Waals surface area contributed by atoms with Crippen LogP contribution in [0.4, 0.5) is 5.69 Å². The third-order valence-corrected chi connectivity index (χ3v) is 7.53. The van der Waals surface area contributed by atoms with Crippen LogP contribution in [-0.4, -0.2) is 44.2 Å². The van der Waals surface area contributed by atoms with Gasteiger partial charge in [0.1, 0.15) is 6.04 Å². The van der Waals surface area contributed by atoms with E-state index >= 15 is 0 Å². The van der Waals surface area contributed by atoms with Crippen LogP contribution in [0.2, 0.25) is 5.02 Å². The smallest absolute Gasteiger partial charge is 0.243 e. The van der Waals surface area contributed by atoms with Crippen molar-refractivity contribution in [1.29, 1.82) is 0 Å². The molecule has 0 aliphatic heterocycles. The summed E-state index contributed by atoms with van der Waals surface area (Å²) in [5, 5.41) is 4.13. The summed E-state index contributed by atoms with van der Waals surface area (Å²) in [5.74, 6) is 0.592. The molecule has 27 heavy (non-hydrogen) atoms. The van der Waals surface area contributed by atoms with Crippen molar-refractivity contribution in [2.75, 3.05) is 22.9 Å². The van der Waals surface area contributed by atoms with E-state index in [4.69, 9.17) is 11.6 Å². The number of nitrogens with zero attached hydrogens (tertiary/aromatic N) is 1. The number of anilines is 1. The summed E-state index contributed by atoms with van der Waals surface area (Å²) in [4.78, 5) is 12.7. The first-order chi connectivity index (χ1) is 12.8. The van der Waals surface area contributed by atoms with Gasteiger partial charge >= 0.3 is 0 Å². The average molecular weight is 433 g/mol. The first-order valence-corrected chi connectivity index (χ1v) is 12.7. The number of rotatable bonds is 9. The molecule has 1 atom stereocenters. The van der Waals surface area contributed by atoms with Crippen molar-refractivity contribution in [1.82, 2.24) is 5.32 Å². The van der Waals surface area contributed by atoms with Gasteiger partial charge in [0.15, 0.2) is 0 Å². The molecule has 1 saturated carbocycles. The number of carbonyl (C=O) groups is 1. The lowest BCUT2D eigenvalue weighted by molar-refractivity contribution is -0.122. The molecule has 0 saturated heterocycles. The number of thioether (sulfide) groups is 1. The predicted octanol–water partition coefficient (Wildman–Crippen LogP) is 4.07. The fraction of sp³-hybridized carbons (Fsp3) is 0.632. The van der Waals surface area contributed by atoms with E-state index in [1.807, 2.05) is 18.7 Å². The van der Waals surface area contributed by atoms with E-state index in [-0.39, 0.29) is 5.91 Å². The first kappa shape index (κ1) is 22.4. The maximum Gasteiger partial charge on any atom is 0.243 e. The fourth-order valence-electron chi connectivity index (χ4n) is 3.40. The molecule has 0 radical (unpaired) electrons. The Kier molecular flexibility index (Phi) is 8.76. The third-order valence-electron chi connectivity index (χ3n) is 4.72. The summed E-state index contributed by atoms with van der Waals surface area (Å²) in [6, 6.07) is 5.72. The minimum Gasteiger partial charge on any atom is -0.353 e. The number of halogens is 1. The Morgan fingerprint density at radius 1 is 1.26 bits per heavy atom. The van der Waals surface area contributed by atoms with Gasteiger partial charge < -0.3 is 5.32 Å². The highest BCUT2D eigenvalue weighted by Crippen LogP contribution is 2.28. The molecule has 0 heterocycles. The van der Waals surface area contributed by atoms with Crippen LogP contribution in [-0.2, 0) is 14.8 Å². The van der Waals surface area contributed by atoms with Crippen LogP contribution in [0, 0.1) is 0 Å². The van der Waals surface area contributed by atoms with Gasteiger partial charge in [0.2, 0.25) is 15.9 Å². The maximum absolute atomic E-state index is 12.7. The van der Waals surface area contributed by atoms with Crippen LogP contribution in [0.15, 0.2) is 24.3 Å². The van der Waals surface area contributed by atoms with Crippen LogP contribution in [0.5, 0.6) is 0 Å². The number of hydrogen-bond donors (Lipinski definition) is 1. The van der Waals surface area contributed by atoms with E-state index in [1.54, 1.807) is 24.3 Å². The molecule has 2 rings (SSSR count). The standard InChI is InChI=1S/C19H29ClN2O3S2/c1-3-18(19(23)21-13-14-26-17-7-5-4-6-8-17)22(27(2,24)25)16-11-9-15(20)10-12-16/h9-12,17-18H,3-8,13-14H2,1-2H3,(H,21,23). The molecule has 1 aromatic rings. The Morgan fingerprint density at radius 3 is 2.44 bits per heavy atom. The van der Waals surface area contributed by atoms with E-state index in [2.05, 4.69) is 5.32 Å². The Bertz CT molecular complexity index is 704. The Balaban J connectivity index is 1.98. The van der Waals surface area contributed by atoms with Crippen molar-refractivity contribution in [3.8, 4) is 0 Å². The molecule has 8 heteroatoms. The molecule has 152 valence electrons. The molecule has 1 unspecified atom stereocenters. The highest BCUT2D eigenvalue weighted by molar-refractivity contribution is 7.99. The molecule has 1 aliphatic carbocycles. The summed E-state index contributed by atoms with van der Waals surface area (Å²) >= 11 is 7.81. The van der Waals surface area contributed by atoms with Crippen molar-refractivity contribution in [3.63, 3.8) is 0 Å². The van der Waals surface area contributed by atoms with E-state index < -0.39 is 16.1 Å². The molecule has 5 nitrogen and oxygen atoms in total. The van der Waals surface area contributed by atoms with E-state index in [0.29, 0.717) is 28.9 Å². The lowest BCUT2D eigenvalue weighted by Crippen LogP contribution is -2.49. The van der Waals surface area contributed by atoms with Gasteiger partial charge in [-0.05, 0) is 43.5 Å². The molecule has 1 fully saturated rings. The quantitative estimate of drug-likeness (QED) is 0.597. The summed E-state index contributed by atoms with van der Waals surface area (Å²) < 4.78 is 25.9. The zero-order valence-corrected chi connectivity index (χ0v) is 18.4. The van der Waals surface area contributed by atoms with E-state index in [9.17, 15) is 13.2 Å². The molecule has 1 aliphatic rings. The van der Waals surface area contributed by atoms with Crippen molar-refractivity contribution in [2.24, 2.45) is 0 Å². The van der Waals surface area contributed by atoms with Crippen molar-refractivity contribution >= 4 is 45.0 Å². The Labute approximate surface area is 172 Å². The Morgan fingerprint density at radius 2 is 1.89 bits per heavy atom. The highest BCUT2D eigenvalue weighted by Gasteiger charge is 2.31. The average Bonchev–Trinajstić information content (AvgIpc) is 2.64. The summed E-state index contributed by atoms with van der Waals surface area (Å²) in [6.07, 6.45) is 7.95. The molecular formula is C19H29ClN2O3S2. The normalized spacial score (nSPS) is 16.7. The second-order valence-corrected chi connectivity index (χ2v) is 10.6. The van der Waals surface area contributed by atoms with Crippen LogP contribution in [0.25, 0.3) is 0 Å². The molecule has 0 bridgehead atoms. The van der Waals surface area contributed by atoms with E-state index in [0.717, 1.165) is 12.0 Å². The second kappa shape index (κ2) is 10.6. The van der Waals surface area contributed by atoms with Crippen LogP contribution < -0.4 is 9.62 Å². The summed E-state index contributed by atoms with van der Waals surface area (Å²) in [6.45, 7) is 2.36. The van der Waals surface area contributed by atoms with Crippen LogP contribution in [0.1, 0.15) is 45.4 Å². The Hall–Kier alpha value is -0.920. The number of sulfonamides is 1. The maximum atomic E-state index is 12.7. The molecule has 0 spiro atoms. The number of hydrogen-bond acceptors (Lipinski definition) is 4. The van der Waals surface area contributed by atoms with Gasteiger partial charge in [-0.15, -0.1) is 0 Å². The first-order valence-electron chi connectivity index (χ1n) is 9.47. The number of carbonyl (C=O) groups excluding carboxylic acids is 1. The molecule has 1 N–H and O–H groups in total. The van der Waals surface area contributed by atoms with Crippen molar-refractivity contribution < 1.29 is 13.2 Å². The summed E-state index contributed by atoms with van der Waals surface area (Å²) in [5.41, 5.74) is 0.445. The fourth-order valence-corrected chi connectivity index (χ4v) is 5.96.